The van der Waals surface area contributed by atoms with Gasteiger partial charge in [-0.2, -0.15) is 0 Å². The van der Waals surface area contributed by atoms with Gasteiger partial charge in [-0.3, -0.25) is 4.79 Å². The van der Waals surface area contributed by atoms with Gasteiger partial charge in [0, 0.05) is 11.8 Å². The van der Waals surface area contributed by atoms with E-state index < -0.39 is 5.97 Å². The van der Waals surface area contributed by atoms with Gasteiger partial charge in [0.2, 0.25) is 0 Å². The number of allylic oxidation sites excluding steroid dienone is 1. The Labute approximate surface area is 91.5 Å². The average Bonchev–Trinajstić information content (AvgIpc) is 2.27. The molecule has 1 aromatic heterocycles. The first-order valence-corrected chi connectivity index (χ1v) is 4.42. The van der Waals surface area contributed by atoms with Gasteiger partial charge in [-0.25, -0.2) is 9.78 Å². The number of rotatable bonds is 3. The van der Waals surface area contributed by atoms with Crippen molar-refractivity contribution in [2.75, 3.05) is 7.11 Å². The number of methoxy groups -OCH3 is 1. The van der Waals surface area contributed by atoms with Crippen molar-refractivity contribution in [2.45, 2.75) is 0 Å². The zero-order chi connectivity index (χ0) is 11.3. The highest BCUT2D eigenvalue weighted by Gasteiger charge is 2.08. The molecule has 1 heterocycles. The van der Waals surface area contributed by atoms with Crippen molar-refractivity contribution in [2.24, 2.45) is 0 Å². The molecule has 15 heavy (non-hydrogen) atoms. The molecule has 0 radical (unpaired) electrons. The van der Waals surface area contributed by atoms with E-state index >= 15 is 0 Å². The van der Waals surface area contributed by atoms with E-state index in [1.807, 2.05) is 0 Å². The van der Waals surface area contributed by atoms with Crippen LogP contribution < -0.4 is 0 Å². The fourth-order valence-corrected chi connectivity index (χ4v) is 1.12. The van der Waals surface area contributed by atoms with Crippen molar-refractivity contribution in [1.82, 2.24) is 4.98 Å². The number of halogens is 1. The molecule has 78 valence electrons. The maximum atomic E-state index is 11.2. The van der Waals surface area contributed by atoms with E-state index in [0.717, 1.165) is 0 Å². The number of pyridine rings is 1. The van der Waals surface area contributed by atoms with Gasteiger partial charge in [-0.1, -0.05) is 11.6 Å². The summed E-state index contributed by atoms with van der Waals surface area (Å²) in [6, 6.07) is 1.50. The number of carbonyl (C=O) groups is 2. The van der Waals surface area contributed by atoms with E-state index in [1.165, 1.54) is 31.5 Å². The Bertz CT molecular complexity index is 415. The lowest BCUT2D eigenvalue weighted by molar-refractivity contribution is -0.104. The number of aromatic nitrogens is 1. The summed E-state index contributed by atoms with van der Waals surface area (Å²) in [5.41, 5.74) is 0.777. The summed E-state index contributed by atoms with van der Waals surface area (Å²) in [6.45, 7) is 0. The van der Waals surface area contributed by atoms with Gasteiger partial charge in [-0.05, 0) is 18.2 Å². The Kier molecular flexibility index (Phi) is 4.00. The standard InChI is InChI=1S/C10H8ClNO3/c1-15-10(14)8-5-7(3-2-4-13)9(11)12-6-8/h2-6H,1H3. The van der Waals surface area contributed by atoms with Gasteiger partial charge in [0.15, 0.2) is 0 Å². The van der Waals surface area contributed by atoms with Crippen molar-refractivity contribution >= 4 is 29.9 Å². The van der Waals surface area contributed by atoms with Crippen molar-refractivity contribution in [3.8, 4) is 0 Å². The maximum Gasteiger partial charge on any atom is 0.339 e. The summed E-state index contributed by atoms with van der Waals surface area (Å²) < 4.78 is 4.52. The number of carbonyl (C=O) groups excluding carboxylic acids is 2. The Morgan fingerprint density at radius 3 is 2.93 bits per heavy atom. The van der Waals surface area contributed by atoms with Crippen molar-refractivity contribution in [3.63, 3.8) is 0 Å². The molecule has 0 saturated carbocycles. The zero-order valence-electron chi connectivity index (χ0n) is 7.94. The van der Waals surface area contributed by atoms with Crippen molar-refractivity contribution in [3.05, 3.63) is 34.6 Å². The van der Waals surface area contributed by atoms with Crippen LogP contribution in [0.5, 0.6) is 0 Å². The third-order valence-corrected chi connectivity index (χ3v) is 1.96. The molecule has 1 aromatic rings. The Morgan fingerprint density at radius 1 is 1.60 bits per heavy atom. The second kappa shape index (κ2) is 5.26. The van der Waals surface area contributed by atoms with Crippen LogP contribution in [0.2, 0.25) is 5.15 Å². The Balaban J connectivity index is 3.10. The summed E-state index contributed by atoms with van der Waals surface area (Å²) in [6.07, 6.45) is 4.66. The zero-order valence-corrected chi connectivity index (χ0v) is 8.69. The van der Waals surface area contributed by atoms with Crippen LogP contribution in [0.3, 0.4) is 0 Å². The van der Waals surface area contributed by atoms with Gasteiger partial charge in [0.25, 0.3) is 0 Å². The molecule has 0 bridgehead atoms. The number of nitrogens with zero attached hydrogens (tertiary/aromatic N) is 1. The van der Waals surface area contributed by atoms with Gasteiger partial charge in [0.05, 0.1) is 12.7 Å². The molecule has 0 aliphatic rings. The van der Waals surface area contributed by atoms with Crippen LogP contribution >= 0.6 is 11.6 Å². The molecule has 0 spiro atoms. The molecule has 0 amide bonds. The number of aldehydes is 1. The quantitative estimate of drug-likeness (QED) is 0.340. The first-order chi connectivity index (χ1) is 7.19. The highest BCUT2D eigenvalue weighted by Crippen LogP contribution is 2.16. The molecular weight excluding hydrogens is 218 g/mol. The van der Waals surface area contributed by atoms with Crippen molar-refractivity contribution < 1.29 is 14.3 Å². The number of esters is 1. The van der Waals surface area contributed by atoms with Crippen LogP contribution in [0.4, 0.5) is 0 Å². The van der Waals surface area contributed by atoms with Gasteiger partial charge >= 0.3 is 5.97 Å². The van der Waals surface area contributed by atoms with Crippen molar-refractivity contribution in [1.29, 1.82) is 0 Å². The minimum absolute atomic E-state index is 0.223. The maximum absolute atomic E-state index is 11.2. The molecule has 0 unspecified atom stereocenters. The minimum atomic E-state index is -0.500. The van der Waals surface area contributed by atoms with E-state index in [1.54, 1.807) is 0 Å². The van der Waals surface area contributed by atoms with E-state index in [9.17, 15) is 9.59 Å². The van der Waals surface area contributed by atoms with Crippen LogP contribution in [0.25, 0.3) is 6.08 Å². The van der Waals surface area contributed by atoms with E-state index in [0.29, 0.717) is 11.8 Å². The third kappa shape index (κ3) is 2.89. The molecule has 0 fully saturated rings. The SMILES string of the molecule is COC(=O)c1cnc(Cl)c(C=CC=O)c1. The van der Waals surface area contributed by atoms with Gasteiger partial charge in [-0.15, -0.1) is 0 Å². The lowest BCUT2D eigenvalue weighted by Crippen LogP contribution is -2.02. The molecule has 0 saturated heterocycles. The lowest BCUT2D eigenvalue weighted by atomic mass is 10.2. The second-order valence-corrected chi connectivity index (χ2v) is 2.95. The Hall–Kier alpha value is -1.68. The summed E-state index contributed by atoms with van der Waals surface area (Å²) in [5, 5.41) is 0.223. The van der Waals surface area contributed by atoms with E-state index in [-0.39, 0.29) is 10.7 Å². The monoisotopic (exact) mass is 225 g/mol. The van der Waals surface area contributed by atoms with E-state index in [4.69, 9.17) is 11.6 Å². The molecule has 0 N–H and O–H groups in total. The first-order valence-electron chi connectivity index (χ1n) is 4.04. The first kappa shape index (κ1) is 11.4. The largest absolute Gasteiger partial charge is 0.465 e. The predicted molar refractivity (Wildman–Crippen MR) is 55.7 cm³/mol. The fourth-order valence-electron chi connectivity index (χ4n) is 0.954. The fraction of sp³-hybridized carbons (Fsp3) is 0.100. The summed E-state index contributed by atoms with van der Waals surface area (Å²) >= 11 is 5.75. The van der Waals surface area contributed by atoms with Crippen LogP contribution in [-0.4, -0.2) is 24.3 Å². The smallest absolute Gasteiger partial charge is 0.339 e. The number of ether oxygens (including phenoxy) is 1. The Morgan fingerprint density at radius 2 is 2.33 bits per heavy atom. The molecule has 0 aliphatic heterocycles. The topological polar surface area (TPSA) is 56.3 Å². The molecule has 0 aromatic carbocycles. The third-order valence-electron chi connectivity index (χ3n) is 1.64. The molecular formula is C10H8ClNO3. The van der Waals surface area contributed by atoms with Crippen LogP contribution in [-0.2, 0) is 9.53 Å². The van der Waals surface area contributed by atoms with Gasteiger partial charge < -0.3 is 4.74 Å². The summed E-state index contributed by atoms with van der Waals surface area (Å²) in [7, 11) is 1.28. The minimum Gasteiger partial charge on any atom is -0.465 e. The van der Waals surface area contributed by atoms with Crippen LogP contribution in [0, 0.1) is 0 Å². The molecule has 5 heteroatoms. The predicted octanol–water partition coefficient (Wildman–Crippen LogP) is 1.73. The normalized spacial score (nSPS) is 10.3. The van der Waals surface area contributed by atoms with Crippen LogP contribution in [0.15, 0.2) is 18.3 Å². The molecule has 0 aliphatic carbocycles. The number of hydrogen-bond donors (Lipinski definition) is 0. The highest BCUT2D eigenvalue weighted by molar-refractivity contribution is 6.31. The molecule has 4 nitrogen and oxygen atoms in total. The van der Waals surface area contributed by atoms with Gasteiger partial charge in [0.1, 0.15) is 11.4 Å². The average molecular weight is 226 g/mol. The lowest BCUT2D eigenvalue weighted by Gasteiger charge is -2.01. The summed E-state index contributed by atoms with van der Waals surface area (Å²) in [4.78, 5) is 25.1. The van der Waals surface area contributed by atoms with Crippen LogP contribution in [0.1, 0.15) is 15.9 Å². The van der Waals surface area contributed by atoms with E-state index in [2.05, 4.69) is 9.72 Å². The number of hydrogen-bond acceptors (Lipinski definition) is 4. The summed E-state index contributed by atoms with van der Waals surface area (Å²) in [5.74, 6) is -0.500. The molecule has 0 atom stereocenters. The highest BCUT2D eigenvalue weighted by atomic mass is 35.5. The molecule has 1 rings (SSSR count). The second-order valence-electron chi connectivity index (χ2n) is 2.59.